The second kappa shape index (κ2) is 16.0. The lowest BCUT2D eigenvalue weighted by atomic mass is 10.1. The van der Waals surface area contributed by atoms with E-state index in [4.69, 9.17) is 33.2 Å². The van der Waals surface area contributed by atoms with Crippen LogP contribution in [0.4, 0.5) is 0 Å². The summed E-state index contributed by atoms with van der Waals surface area (Å²) >= 11 is 0. The van der Waals surface area contributed by atoms with E-state index < -0.39 is 11.9 Å². The molecule has 2 rings (SSSR count). The molecule has 204 valence electrons. The van der Waals surface area contributed by atoms with Crippen LogP contribution in [0.2, 0.25) is 0 Å². The average Bonchev–Trinajstić information content (AvgIpc) is 2.96. The van der Waals surface area contributed by atoms with Crippen LogP contribution >= 0.6 is 0 Å². The van der Waals surface area contributed by atoms with E-state index in [1.807, 2.05) is 6.07 Å². The molecule has 0 aliphatic rings. The molecule has 0 spiro atoms. The molecule has 0 heterocycles. The number of benzene rings is 2. The Hall–Kier alpha value is -5.00. The number of nitrogens with zero attached hydrogens (tertiary/aromatic N) is 2. The third-order valence-electron chi connectivity index (χ3n) is 5.01. The molecule has 0 fully saturated rings. The average molecular weight is 537 g/mol. The number of esters is 2. The lowest BCUT2D eigenvalue weighted by Crippen LogP contribution is -2.14. The maximum absolute atomic E-state index is 12.2. The summed E-state index contributed by atoms with van der Waals surface area (Å²) in [5.41, 5.74) is 0.913. The molecule has 0 atom stereocenters. The number of hydrogen-bond donors (Lipinski definition) is 0. The molecular weight excluding hydrogens is 508 g/mol. The number of carbonyl (C=O) groups excluding carboxylic acids is 2. The highest BCUT2D eigenvalue weighted by molar-refractivity contribution is 5.98. The molecule has 2 aromatic rings. The molecule has 0 radical (unpaired) electrons. The summed E-state index contributed by atoms with van der Waals surface area (Å²) in [6.07, 6.45) is 2.62. The lowest BCUT2D eigenvalue weighted by molar-refractivity contribution is -0.142. The van der Waals surface area contributed by atoms with Crippen LogP contribution < -0.4 is 18.9 Å². The predicted molar refractivity (Wildman–Crippen MR) is 139 cm³/mol. The Balaban J connectivity index is 1.79. The molecular formula is C28H28N2O9. The minimum absolute atomic E-state index is 0.0132. The van der Waals surface area contributed by atoms with Gasteiger partial charge in [0.25, 0.3) is 0 Å². The Kier molecular flexibility index (Phi) is 12.4. The number of rotatable bonds is 14. The van der Waals surface area contributed by atoms with Crippen LogP contribution in [0.5, 0.6) is 23.0 Å². The molecule has 0 amide bonds. The van der Waals surface area contributed by atoms with Crippen molar-refractivity contribution in [2.24, 2.45) is 0 Å². The molecule has 11 heteroatoms. The SMILES string of the molecule is COc1ccc(/C=C(/C#N)OC(=O)CCOCCOC(=O)/C(C#N)=C\c2ccc(OC)c(OC)c2)cc1OC. The highest BCUT2D eigenvalue weighted by Crippen LogP contribution is 2.29. The topological polar surface area (TPSA) is 146 Å². The molecule has 0 saturated carbocycles. The van der Waals surface area contributed by atoms with Crippen molar-refractivity contribution in [1.82, 2.24) is 0 Å². The number of nitriles is 2. The first-order valence-electron chi connectivity index (χ1n) is 11.5. The maximum atomic E-state index is 12.2. The number of ether oxygens (including phenoxy) is 7. The fourth-order valence-electron chi connectivity index (χ4n) is 3.13. The Morgan fingerprint density at radius 3 is 1.82 bits per heavy atom. The summed E-state index contributed by atoms with van der Waals surface area (Å²) < 4.78 is 36.2. The van der Waals surface area contributed by atoms with Crippen molar-refractivity contribution in [3.05, 3.63) is 58.9 Å². The Morgan fingerprint density at radius 1 is 0.744 bits per heavy atom. The zero-order valence-corrected chi connectivity index (χ0v) is 22.0. The van der Waals surface area contributed by atoms with Gasteiger partial charge < -0.3 is 33.2 Å². The molecule has 0 aliphatic heterocycles. The summed E-state index contributed by atoms with van der Waals surface area (Å²) in [5.74, 6) is 0.232. The van der Waals surface area contributed by atoms with Gasteiger partial charge in [-0.2, -0.15) is 10.5 Å². The fourth-order valence-corrected chi connectivity index (χ4v) is 3.13. The van der Waals surface area contributed by atoms with Crippen LogP contribution in [0.25, 0.3) is 12.2 Å². The van der Waals surface area contributed by atoms with E-state index in [0.29, 0.717) is 34.1 Å². The Bertz CT molecular complexity index is 1300. The maximum Gasteiger partial charge on any atom is 0.348 e. The van der Waals surface area contributed by atoms with Crippen molar-refractivity contribution >= 4 is 24.1 Å². The van der Waals surface area contributed by atoms with Crippen LogP contribution in [-0.2, 0) is 23.8 Å². The van der Waals surface area contributed by atoms with Crippen molar-refractivity contribution < 1.29 is 42.7 Å². The molecule has 0 bridgehead atoms. The molecule has 0 aliphatic carbocycles. The van der Waals surface area contributed by atoms with Gasteiger partial charge in [0.15, 0.2) is 23.0 Å². The third kappa shape index (κ3) is 9.43. The van der Waals surface area contributed by atoms with E-state index >= 15 is 0 Å². The van der Waals surface area contributed by atoms with Gasteiger partial charge in [0.2, 0.25) is 5.76 Å². The van der Waals surface area contributed by atoms with Gasteiger partial charge in [0.1, 0.15) is 24.3 Å². The number of methoxy groups -OCH3 is 4. The van der Waals surface area contributed by atoms with E-state index in [-0.39, 0.29) is 37.6 Å². The van der Waals surface area contributed by atoms with Crippen LogP contribution in [0.1, 0.15) is 17.5 Å². The predicted octanol–water partition coefficient (Wildman–Crippen LogP) is 3.69. The highest BCUT2D eigenvalue weighted by atomic mass is 16.6. The number of allylic oxidation sites excluding steroid dienone is 1. The molecule has 39 heavy (non-hydrogen) atoms. The first-order valence-corrected chi connectivity index (χ1v) is 11.5. The monoisotopic (exact) mass is 536 g/mol. The standard InChI is InChI=1S/C28H28N2O9/c1-33-23-7-5-19(15-25(23)35-3)13-21(17-29)28(32)38-12-11-37-10-9-27(31)39-22(18-30)14-20-6-8-24(34-2)26(16-20)36-4/h5-8,13-16H,9-12H2,1-4H3/b21-13-,22-14-. The van der Waals surface area contributed by atoms with Crippen LogP contribution in [0.3, 0.4) is 0 Å². The number of hydrogen-bond acceptors (Lipinski definition) is 11. The molecule has 0 N–H and O–H groups in total. The second-order valence-corrected chi connectivity index (χ2v) is 7.49. The smallest absolute Gasteiger partial charge is 0.348 e. The van der Waals surface area contributed by atoms with Crippen molar-refractivity contribution in [2.45, 2.75) is 6.42 Å². The lowest BCUT2D eigenvalue weighted by Gasteiger charge is -2.08. The molecule has 11 nitrogen and oxygen atoms in total. The van der Waals surface area contributed by atoms with E-state index in [1.54, 1.807) is 42.5 Å². The van der Waals surface area contributed by atoms with Gasteiger partial charge in [-0.25, -0.2) is 4.79 Å². The van der Waals surface area contributed by atoms with Crippen LogP contribution in [0, 0.1) is 22.7 Å². The van der Waals surface area contributed by atoms with Crippen LogP contribution in [-0.4, -0.2) is 60.2 Å². The first-order chi connectivity index (χ1) is 18.9. The summed E-state index contributed by atoms with van der Waals surface area (Å²) in [6, 6.07) is 13.5. The Labute approximate surface area is 226 Å². The Morgan fingerprint density at radius 2 is 1.31 bits per heavy atom. The van der Waals surface area contributed by atoms with Gasteiger partial charge in [-0.05, 0) is 47.5 Å². The van der Waals surface area contributed by atoms with Crippen molar-refractivity contribution in [1.29, 1.82) is 10.5 Å². The summed E-state index contributed by atoms with van der Waals surface area (Å²) in [4.78, 5) is 24.3. The second-order valence-electron chi connectivity index (χ2n) is 7.49. The van der Waals surface area contributed by atoms with Gasteiger partial charge in [-0.15, -0.1) is 0 Å². The highest BCUT2D eigenvalue weighted by Gasteiger charge is 2.13. The molecule has 0 saturated heterocycles. The van der Waals surface area contributed by atoms with E-state index in [9.17, 15) is 20.1 Å². The van der Waals surface area contributed by atoms with Gasteiger partial charge in [-0.1, -0.05) is 12.1 Å². The minimum Gasteiger partial charge on any atom is -0.493 e. The molecule has 0 unspecified atom stereocenters. The summed E-state index contributed by atoms with van der Waals surface area (Å²) in [6.45, 7) is -0.180. The van der Waals surface area contributed by atoms with E-state index in [2.05, 4.69) is 0 Å². The van der Waals surface area contributed by atoms with Crippen molar-refractivity contribution in [3.8, 4) is 35.1 Å². The quantitative estimate of drug-likeness (QED) is 0.114. The van der Waals surface area contributed by atoms with Crippen molar-refractivity contribution in [2.75, 3.05) is 48.3 Å². The largest absolute Gasteiger partial charge is 0.493 e. The van der Waals surface area contributed by atoms with Gasteiger partial charge in [-0.3, -0.25) is 4.79 Å². The summed E-state index contributed by atoms with van der Waals surface area (Å²) in [7, 11) is 5.96. The van der Waals surface area contributed by atoms with Crippen molar-refractivity contribution in [3.63, 3.8) is 0 Å². The molecule has 2 aromatic carbocycles. The molecule has 0 aromatic heterocycles. The van der Waals surface area contributed by atoms with Crippen LogP contribution in [0.15, 0.2) is 47.7 Å². The fraction of sp³-hybridized carbons (Fsp3) is 0.286. The van der Waals surface area contributed by atoms with E-state index in [0.717, 1.165) is 0 Å². The van der Waals surface area contributed by atoms with Gasteiger partial charge >= 0.3 is 11.9 Å². The third-order valence-corrected chi connectivity index (χ3v) is 5.01. The number of carbonyl (C=O) groups is 2. The minimum atomic E-state index is -0.825. The van der Waals surface area contributed by atoms with E-state index in [1.165, 1.54) is 40.6 Å². The first kappa shape index (κ1) is 30.2. The summed E-state index contributed by atoms with van der Waals surface area (Å²) in [5, 5.41) is 18.6. The van der Waals surface area contributed by atoms with Gasteiger partial charge in [0.05, 0.1) is 48.1 Å². The zero-order valence-electron chi connectivity index (χ0n) is 22.0. The zero-order chi connectivity index (χ0) is 28.6. The normalized spacial score (nSPS) is 11.0. The van der Waals surface area contributed by atoms with Gasteiger partial charge in [0, 0.05) is 0 Å².